The number of hydrogen-bond acceptors (Lipinski definition) is 5. The third-order valence-corrected chi connectivity index (χ3v) is 3.60. The lowest BCUT2D eigenvalue weighted by Gasteiger charge is -2.33. The molecular weight excluding hydrogens is 326 g/mol. The Bertz CT molecular complexity index is 619. The van der Waals surface area contributed by atoms with E-state index >= 15 is 0 Å². The molecule has 0 atom stereocenters. The number of likely N-dealkylation sites (tertiary alicyclic amines) is 1. The van der Waals surface area contributed by atoms with Crippen molar-refractivity contribution in [3.05, 3.63) is 11.4 Å². The second kappa shape index (κ2) is 6.70. The van der Waals surface area contributed by atoms with Crippen molar-refractivity contribution in [3.8, 4) is 0 Å². The van der Waals surface area contributed by atoms with Gasteiger partial charge in [0.05, 0.1) is 6.04 Å². The minimum atomic E-state index is -2.99. The highest BCUT2D eigenvalue weighted by Crippen LogP contribution is 2.29. The fraction of sp³-hybridized carbons (Fsp3) is 0.714. The molecule has 2 heterocycles. The smallest absolute Gasteiger partial charge is 0.410 e. The monoisotopic (exact) mass is 346 g/mol. The quantitative estimate of drug-likeness (QED) is 0.903. The molecule has 1 saturated heterocycles. The van der Waals surface area contributed by atoms with E-state index in [1.807, 2.05) is 0 Å². The SMILES string of the molecule is CC(C)(C)OC(=O)N1CCC(n2nnc(C(=O)O)c2C(F)F)CC1. The van der Waals surface area contributed by atoms with Gasteiger partial charge in [-0.15, -0.1) is 5.10 Å². The van der Waals surface area contributed by atoms with Crippen LogP contribution in [-0.2, 0) is 4.74 Å². The number of carboxylic acid groups (broad SMARTS) is 1. The van der Waals surface area contributed by atoms with Gasteiger partial charge in [0, 0.05) is 13.1 Å². The Balaban J connectivity index is 2.08. The van der Waals surface area contributed by atoms with Crippen molar-refractivity contribution in [2.45, 2.75) is 51.7 Å². The molecule has 0 aliphatic carbocycles. The maximum absolute atomic E-state index is 13.2. The number of carbonyl (C=O) groups excluding carboxylic acids is 1. The number of aromatic carboxylic acids is 1. The molecule has 2 rings (SSSR count). The van der Waals surface area contributed by atoms with Crippen molar-refractivity contribution in [1.29, 1.82) is 0 Å². The maximum Gasteiger partial charge on any atom is 0.410 e. The number of aromatic nitrogens is 3. The second-order valence-corrected chi connectivity index (χ2v) is 6.57. The summed E-state index contributed by atoms with van der Waals surface area (Å²) in [5, 5.41) is 15.9. The third-order valence-electron chi connectivity index (χ3n) is 3.60. The molecule has 10 heteroatoms. The predicted octanol–water partition coefficient (Wildman–Crippen LogP) is 2.49. The Hall–Kier alpha value is -2.26. The van der Waals surface area contributed by atoms with Gasteiger partial charge in [-0.05, 0) is 33.6 Å². The minimum Gasteiger partial charge on any atom is -0.476 e. The van der Waals surface area contributed by atoms with Crippen LogP contribution in [0.1, 0.15) is 62.3 Å². The molecule has 0 radical (unpaired) electrons. The van der Waals surface area contributed by atoms with Gasteiger partial charge in [0.15, 0.2) is 5.69 Å². The van der Waals surface area contributed by atoms with Gasteiger partial charge >= 0.3 is 12.1 Å². The van der Waals surface area contributed by atoms with Crippen LogP contribution in [0, 0.1) is 0 Å². The van der Waals surface area contributed by atoms with Crippen molar-refractivity contribution in [2.75, 3.05) is 13.1 Å². The molecule has 1 aromatic rings. The van der Waals surface area contributed by atoms with E-state index in [4.69, 9.17) is 9.84 Å². The van der Waals surface area contributed by atoms with Gasteiger partial charge in [0.2, 0.25) is 0 Å². The van der Waals surface area contributed by atoms with Crippen LogP contribution in [0.2, 0.25) is 0 Å². The summed E-state index contributed by atoms with van der Waals surface area (Å²) in [4.78, 5) is 24.5. The molecule has 1 aliphatic heterocycles. The van der Waals surface area contributed by atoms with E-state index in [2.05, 4.69) is 10.3 Å². The first-order chi connectivity index (χ1) is 11.1. The first kappa shape index (κ1) is 18.1. The number of ether oxygens (including phenoxy) is 1. The first-order valence-corrected chi connectivity index (χ1v) is 7.54. The van der Waals surface area contributed by atoms with E-state index < -0.39 is 41.5 Å². The number of hydrogen-bond donors (Lipinski definition) is 1. The molecule has 1 amide bonds. The molecule has 1 fully saturated rings. The number of halogens is 2. The van der Waals surface area contributed by atoms with Gasteiger partial charge in [0.25, 0.3) is 6.43 Å². The van der Waals surface area contributed by atoms with Crippen LogP contribution in [0.15, 0.2) is 0 Å². The van der Waals surface area contributed by atoms with Crippen LogP contribution in [0.4, 0.5) is 13.6 Å². The molecule has 0 spiro atoms. The summed E-state index contributed by atoms with van der Waals surface area (Å²) < 4.78 is 32.6. The van der Waals surface area contributed by atoms with Crippen LogP contribution in [0.5, 0.6) is 0 Å². The second-order valence-electron chi connectivity index (χ2n) is 6.57. The zero-order valence-corrected chi connectivity index (χ0v) is 13.7. The molecule has 0 saturated carbocycles. The standard InChI is InChI=1S/C14H20F2N4O4/c1-14(2,3)24-13(23)19-6-4-8(5-7-19)20-10(11(15)16)9(12(21)22)17-18-20/h8,11H,4-7H2,1-3H3,(H,21,22). The topological polar surface area (TPSA) is 97.5 Å². The molecule has 0 bridgehead atoms. The van der Waals surface area contributed by atoms with E-state index in [-0.39, 0.29) is 0 Å². The van der Waals surface area contributed by atoms with Crippen molar-refractivity contribution in [3.63, 3.8) is 0 Å². The Morgan fingerprint density at radius 2 is 1.88 bits per heavy atom. The highest BCUT2D eigenvalue weighted by atomic mass is 19.3. The van der Waals surface area contributed by atoms with Crippen molar-refractivity contribution in [2.24, 2.45) is 0 Å². The summed E-state index contributed by atoms with van der Waals surface area (Å²) in [6.07, 6.45) is -2.72. The predicted molar refractivity (Wildman–Crippen MR) is 78.0 cm³/mol. The molecule has 134 valence electrons. The zero-order chi connectivity index (χ0) is 18.1. The fourth-order valence-corrected chi connectivity index (χ4v) is 2.55. The molecule has 0 aromatic carbocycles. The molecule has 0 unspecified atom stereocenters. The molecule has 1 aliphatic rings. The highest BCUT2D eigenvalue weighted by molar-refractivity contribution is 5.86. The van der Waals surface area contributed by atoms with Gasteiger partial charge in [-0.2, -0.15) is 0 Å². The molecule has 1 N–H and O–H groups in total. The Labute approximate surface area is 137 Å². The molecule has 8 nitrogen and oxygen atoms in total. The van der Waals surface area contributed by atoms with E-state index in [0.717, 1.165) is 4.68 Å². The van der Waals surface area contributed by atoms with Crippen LogP contribution in [0.25, 0.3) is 0 Å². The van der Waals surface area contributed by atoms with E-state index in [9.17, 15) is 18.4 Å². The lowest BCUT2D eigenvalue weighted by molar-refractivity contribution is 0.0178. The first-order valence-electron chi connectivity index (χ1n) is 7.54. The molecule has 1 aromatic heterocycles. The van der Waals surface area contributed by atoms with Gasteiger partial charge < -0.3 is 14.7 Å². The van der Waals surface area contributed by atoms with Crippen LogP contribution < -0.4 is 0 Å². The summed E-state index contributed by atoms with van der Waals surface area (Å²) in [6.45, 7) is 5.90. The normalized spacial score (nSPS) is 16.5. The Morgan fingerprint density at radius 3 is 2.33 bits per heavy atom. The summed E-state index contributed by atoms with van der Waals surface area (Å²) in [6, 6.07) is -0.437. The van der Waals surface area contributed by atoms with E-state index in [1.165, 1.54) is 4.90 Å². The third kappa shape index (κ3) is 3.98. The Morgan fingerprint density at radius 1 is 1.29 bits per heavy atom. The average Bonchev–Trinajstić information content (AvgIpc) is 2.90. The molecule has 24 heavy (non-hydrogen) atoms. The average molecular weight is 346 g/mol. The van der Waals surface area contributed by atoms with Crippen LogP contribution >= 0.6 is 0 Å². The number of amides is 1. The van der Waals surface area contributed by atoms with Crippen molar-refractivity contribution < 1.29 is 28.2 Å². The lowest BCUT2D eigenvalue weighted by atomic mass is 10.1. The number of nitrogens with zero attached hydrogens (tertiary/aromatic N) is 4. The van der Waals surface area contributed by atoms with Crippen molar-refractivity contribution >= 4 is 12.1 Å². The van der Waals surface area contributed by atoms with Crippen LogP contribution in [-0.4, -0.2) is 55.8 Å². The van der Waals surface area contributed by atoms with E-state index in [0.29, 0.717) is 25.9 Å². The number of rotatable bonds is 3. The number of carboxylic acids is 1. The lowest BCUT2D eigenvalue weighted by Crippen LogP contribution is -2.42. The van der Waals surface area contributed by atoms with Crippen molar-refractivity contribution in [1.82, 2.24) is 19.9 Å². The van der Waals surface area contributed by atoms with E-state index in [1.54, 1.807) is 20.8 Å². The largest absolute Gasteiger partial charge is 0.476 e. The van der Waals surface area contributed by atoms with Gasteiger partial charge in [-0.3, -0.25) is 0 Å². The van der Waals surface area contributed by atoms with Crippen LogP contribution in [0.3, 0.4) is 0 Å². The summed E-state index contributed by atoms with van der Waals surface area (Å²) in [7, 11) is 0. The van der Waals surface area contributed by atoms with Gasteiger partial charge in [-0.1, -0.05) is 5.21 Å². The number of piperidine rings is 1. The maximum atomic E-state index is 13.2. The summed E-state index contributed by atoms with van der Waals surface area (Å²) in [5.74, 6) is -1.54. The fourth-order valence-electron chi connectivity index (χ4n) is 2.55. The van der Waals surface area contributed by atoms with Gasteiger partial charge in [-0.25, -0.2) is 23.1 Å². The zero-order valence-electron chi connectivity index (χ0n) is 13.7. The molecular formula is C14H20F2N4O4. The Kier molecular flexibility index (Phi) is 5.05. The number of carbonyl (C=O) groups is 2. The minimum absolute atomic E-state index is 0.310. The highest BCUT2D eigenvalue weighted by Gasteiger charge is 2.33. The summed E-state index contributed by atoms with van der Waals surface area (Å²) >= 11 is 0. The summed E-state index contributed by atoms with van der Waals surface area (Å²) in [5.41, 5.74) is -2.04. The number of alkyl halides is 2. The van der Waals surface area contributed by atoms with Gasteiger partial charge in [0.1, 0.15) is 11.3 Å².